The summed E-state index contributed by atoms with van der Waals surface area (Å²) in [5.41, 5.74) is 0.656. The number of anilines is 1. The summed E-state index contributed by atoms with van der Waals surface area (Å²) in [5.74, 6) is 1.18. The molecule has 0 aromatic heterocycles. The van der Waals surface area contributed by atoms with E-state index in [1.54, 1.807) is 30.3 Å². The van der Waals surface area contributed by atoms with E-state index in [1.807, 2.05) is 18.2 Å². The number of carbonyl (C=O) groups is 2. The molecule has 0 spiro atoms. The van der Waals surface area contributed by atoms with Crippen LogP contribution in [0.3, 0.4) is 0 Å². The number of hydrogen-bond acceptors (Lipinski definition) is 5. The maximum Gasteiger partial charge on any atom is 0.265 e. The van der Waals surface area contributed by atoms with Gasteiger partial charge < -0.3 is 24.8 Å². The van der Waals surface area contributed by atoms with E-state index in [2.05, 4.69) is 10.6 Å². The van der Waals surface area contributed by atoms with Crippen LogP contribution in [0.25, 0.3) is 0 Å². The summed E-state index contributed by atoms with van der Waals surface area (Å²) in [6, 6.07) is 14.3. The Balaban J connectivity index is 1.43. The zero-order valence-electron chi connectivity index (χ0n) is 14.4. The van der Waals surface area contributed by atoms with Gasteiger partial charge in [-0.1, -0.05) is 24.3 Å². The molecule has 2 amide bonds. The summed E-state index contributed by atoms with van der Waals surface area (Å²) in [6.45, 7) is 0.162. The van der Waals surface area contributed by atoms with E-state index in [0.717, 1.165) is 0 Å². The Bertz CT molecular complexity index is 793. The van der Waals surface area contributed by atoms with Crippen molar-refractivity contribution < 1.29 is 23.8 Å². The number of nitrogens with one attached hydrogen (secondary N) is 2. The Kier molecular flexibility index (Phi) is 5.58. The molecule has 0 bridgehead atoms. The van der Waals surface area contributed by atoms with Crippen molar-refractivity contribution in [3.8, 4) is 17.2 Å². The number of rotatable bonds is 7. The van der Waals surface area contributed by atoms with E-state index in [-0.39, 0.29) is 18.4 Å². The molecule has 1 aliphatic heterocycles. The fraction of sp³-hybridized carbons (Fsp3) is 0.263. The number of ether oxygens (including phenoxy) is 3. The third-order valence-corrected chi connectivity index (χ3v) is 3.86. The molecule has 0 fully saturated rings. The number of amides is 2. The number of para-hydroxylation sites is 4. The van der Waals surface area contributed by atoms with Crippen LogP contribution in [0.5, 0.6) is 17.2 Å². The topological polar surface area (TPSA) is 85.9 Å². The summed E-state index contributed by atoms with van der Waals surface area (Å²) >= 11 is 0. The molecule has 0 aliphatic carbocycles. The zero-order valence-corrected chi connectivity index (χ0v) is 14.4. The molecule has 7 nitrogen and oxygen atoms in total. The monoisotopic (exact) mass is 356 g/mol. The van der Waals surface area contributed by atoms with Gasteiger partial charge in [-0.25, -0.2) is 0 Å². The van der Waals surface area contributed by atoms with Gasteiger partial charge in [-0.05, 0) is 24.3 Å². The largest absolute Gasteiger partial charge is 0.493 e. The Hall–Kier alpha value is -3.22. The molecule has 0 radical (unpaired) electrons. The van der Waals surface area contributed by atoms with Gasteiger partial charge in [0.25, 0.3) is 11.8 Å². The first-order valence-electron chi connectivity index (χ1n) is 8.26. The van der Waals surface area contributed by atoms with Gasteiger partial charge in [-0.3, -0.25) is 9.59 Å². The van der Waals surface area contributed by atoms with E-state index < -0.39 is 6.10 Å². The van der Waals surface area contributed by atoms with E-state index in [4.69, 9.17) is 14.2 Å². The first-order chi connectivity index (χ1) is 12.7. The molecule has 0 saturated carbocycles. The summed E-state index contributed by atoms with van der Waals surface area (Å²) in [5, 5.41) is 5.51. The minimum Gasteiger partial charge on any atom is -0.493 e. The predicted octanol–water partition coefficient (Wildman–Crippen LogP) is 1.98. The molecule has 7 heteroatoms. The predicted molar refractivity (Wildman–Crippen MR) is 95.6 cm³/mol. The molecule has 2 aromatic rings. The van der Waals surface area contributed by atoms with E-state index in [1.165, 1.54) is 7.11 Å². The van der Waals surface area contributed by atoms with Gasteiger partial charge in [0.1, 0.15) is 5.75 Å². The lowest BCUT2D eigenvalue weighted by molar-refractivity contribution is -0.125. The smallest absolute Gasteiger partial charge is 0.265 e. The second-order valence-electron chi connectivity index (χ2n) is 5.67. The molecule has 1 atom stereocenters. The maximum atomic E-state index is 12.0. The lowest BCUT2D eigenvalue weighted by Crippen LogP contribution is -2.40. The van der Waals surface area contributed by atoms with Crippen molar-refractivity contribution in [1.29, 1.82) is 0 Å². The third-order valence-electron chi connectivity index (χ3n) is 3.86. The summed E-state index contributed by atoms with van der Waals surface area (Å²) in [7, 11) is 1.54. The Morgan fingerprint density at radius 1 is 1.15 bits per heavy atom. The molecule has 0 saturated heterocycles. The van der Waals surface area contributed by atoms with E-state index >= 15 is 0 Å². The third kappa shape index (κ3) is 4.24. The minimum atomic E-state index is -0.639. The Morgan fingerprint density at radius 3 is 2.69 bits per heavy atom. The van der Waals surface area contributed by atoms with Gasteiger partial charge in [0.15, 0.2) is 24.2 Å². The second-order valence-corrected chi connectivity index (χ2v) is 5.67. The van der Waals surface area contributed by atoms with Crippen LogP contribution in [0.4, 0.5) is 5.69 Å². The Labute approximate surface area is 151 Å². The van der Waals surface area contributed by atoms with Crippen molar-refractivity contribution >= 4 is 17.5 Å². The minimum absolute atomic E-state index is 0.138. The fourth-order valence-electron chi connectivity index (χ4n) is 2.56. The van der Waals surface area contributed by atoms with Gasteiger partial charge in [0.2, 0.25) is 0 Å². The van der Waals surface area contributed by atoms with Gasteiger partial charge in [-0.2, -0.15) is 0 Å². The fourth-order valence-corrected chi connectivity index (χ4v) is 2.56. The molecule has 1 aliphatic rings. The van der Waals surface area contributed by atoms with Crippen LogP contribution in [-0.2, 0) is 9.59 Å². The average Bonchev–Trinajstić information content (AvgIpc) is 2.67. The maximum absolute atomic E-state index is 12.0. The van der Waals surface area contributed by atoms with Crippen molar-refractivity contribution in [1.82, 2.24) is 5.32 Å². The lowest BCUT2D eigenvalue weighted by atomic mass is 10.1. The average molecular weight is 356 g/mol. The molecule has 26 heavy (non-hydrogen) atoms. The summed E-state index contributed by atoms with van der Waals surface area (Å²) in [6.07, 6.45) is -0.277. The number of hydrogen-bond donors (Lipinski definition) is 2. The van der Waals surface area contributed by atoms with Crippen LogP contribution in [0.15, 0.2) is 48.5 Å². The van der Waals surface area contributed by atoms with Crippen LogP contribution in [0.1, 0.15) is 6.42 Å². The highest BCUT2D eigenvalue weighted by atomic mass is 16.5. The second kappa shape index (κ2) is 8.24. The van der Waals surface area contributed by atoms with Crippen LogP contribution in [0.2, 0.25) is 0 Å². The normalized spacial score (nSPS) is 15.3. The summed E-state index contributed by atoms with van der Waals surface area (Å²) < 4.78 is 16.3. The van der Waals surface area contributed by atoms with E-state index in [0.29, 0.717) is 35.9 Å². The molecular formula is C19H20N2O5. The molecule has 2 N–H and O–H groups in total. The van der Waals surface area contributed by atoms with Gasteiger partial charge in [-0.15, -0.1) is 0 Å². The van der Waals surface area contributed by atoms with Gasteiger partial charge >= 0.3 is 0 Å². The van der Waals surface area contributed by atoms with Gasteiger partial charge in [0, 0.05) is 13.0 Å². The van der Waals surface area contributed by atoms with Crippen molar-refractivity contribution in [3.63, 3.8) is 0 Å². The van der Waals surface area contributed by atoms with Gasteiger partial charge in [0.05, 0.1) is 12.8 Å². The first-order valence-corrected chi connectivity index (χ1v) is 8.26. The van der Waals surface area contributed by atoms with Crippen molar-refractivity contribution in [2.75, 3.05) is 25.6 Å². The number of fused-ring (bicyclic) bond motifs is 1. The molecule has 2 aromatic carbocycles. The Morgan fingerprint density at radius 2 is 1.88 bits per heavy atom. The van der Waals surface area contributed by atoms with Crippen LogP contribution < -0.4 is 24.8 Å². The number of benzene rings is 2. The van der Waals surface area contributed by atoms with E-state index in [9.17, 15) is 9.59 Å². The first kappa shape index (κ1) is 17.6. The van der Waals surface area contributed by atoms with Crippen LogP contribution >= 0.6 is 0 Å². The molecule has 1 unspecified atom stereocenters. The van der Waals surface area contributed by atoms with Crippen molar-refractivity contribution in [2.24, 2.45) is 0 Å². The highest BCUT2D eigenvalue weighted by Crippen LogP contribution is 2.29. The molecule has 136 valence electrons. The number of carbonyl (C=O) groups excluding carboxylic acids is 2. The highest BCUT2D eigenvalue weighted by Gasteiger charge is 2.26. The van der Waals surface area contributed by atoms with Crippen LogP contribution in [0, 0.1) is 0 Å². The standard InChI is InChI=1S/C19H20N2O5/c1-24-15-8-4-5-9-16(15)25-12-18(22)20-11-10-17-19(23)21-13-6-2-3-7-14(13)26-17/h2-9,17H,10-12H2,1H3,(H,20,22)(H,21,23). The van der Waals surface area contributed by atoms with Crippen molar-refractivity contribution in [2.45, 2.75) is 12.5 Å². The highest BCUT2D eigenvalue weighted by molar-refractivity contribution is 5.97. The SMILES string of the molecule is COc1ccccc1OCC(=O)NCCC1Oc2ccccc2NC1=O. The summed E-state index contributed by atoms with van der Waals surface area (Å²) in [4.78, 5) is 23.9. The molecule has 1 heterocycles. The van der Waals surface area contributed by atoms with Crippen LogP contribution in [-0.4, -0.2) is 38.2 Å². The molecule has 3 rings (SSSR count). The van der Waals surface area contributed by atoms with Crippen molar-refractivity contribution in [3.05, 3.63) is 48.5 Å². The zero-order chi connectivity index (χ0) is 18.4. The lowest BCUT2D eigenvalue weighted by Gasteiger charge is -2.25. The quantitative estimate of drug-likeness (QED) is 0.792. The number of methoxy groups -OCH3 is 1. The molecular weight excluding hydrogens is 336 g/mol.